The summed E-state index contributed by atoms with van der Waals surface area (Å²) in [5, 5.41) is 3.41. The first kappa shape index (κ1) is 17.4. The number of ether oxygens (including phenoxy) is 1. The van der Waals surface area contributed by atoms with Crippen LogP contribution in [0.2, 0.25) is 0 Å². The van der Waals surface area contributed by atoms with E-state index in [0.29, 0.717) is 5.41 Å². The molecule has 0 aromatic heterocycles. The van der Waals surface area contributed by atoms with Crippen LogP contribution < -0.4 is 5.32 Å². The molecule has 4 heteroatoms. The maximum atomic E-state index is 12.1. The van der Waals surface area contributed by atoms with Crippen molar-refractivity contribution in [2.75, 3.05) is 19.6 Å². The van der Waals surface area contributed by atoms with Crippen LogP contribution in [0.4, 0.5) is 0 Å². The van der Waals surface area contributed by atoms with Crippen molar-refractivity contribution in [1.82, 2.24) is 10.2 Å². The zero-order valence-electron chi connectivity index (χ0n) is 15.3. The fourth-order valence-electron chi connectivity index (χ4n) is 3.77. The molecule has 1 N–H and O–H groups in total. The van der Waals surface area contributed by atoms with Crippen LogP contribution in [0.15, 0.2) is 30.3 Å². The smallest absolute Gasteiger partial charge is 0.323 e. The van der Waals surface area contributed by atoms with Crippen molar-refractivity contribution in [1.29, 1.82) is 0 Å². The Morgan fingerprint density at radius 2 is 2.08 bits per heavy atom. The van der Waals surface area contributed by atoms with E-state index in [1.165, 1.54) is 18.5 Å². The van der Waals surface area contributed by atoms with E-state index >= 15 is 0 Å². The Morgan fingerprint density at radius 1 is 1.38 bits per heavy atom. The average molecular weight is 330 g/mol. The molecule has 3 unspecified atom stereocenters. The van der Waals surface area contributed by atoms with Crippen molar-refractivity contribution in [2.45, 2.75) is 52.3 Å². The number of nitrogens with zero attached hydrogens (tertiary/aromatic N) is 1. The molecular weight excluding hydrogens is 300 g/mol. The maximum absolute atomic E-state index is 12.1. The van der Waals surface area contributed by atoms with Crippen LogP contribution in [-0.2, 0) is 16.1 Å². The Kier molecular flexibility index (Phi) is 4.71. The molecule has 1 aliphatic heterocycles. The number of esters is 1. The number of nitrogens with one attached hydrogen (secondary N) is 1. The zero-order valence-corrected chi connectivity index (χ0v) is 15.3. The molecule has 4 nitrogen and oxygen atoms in total. The van der Waals surface area contributed by atoms with Gasteiger partial charge in [0.2, 0.25) is 0 Å². The highest BCUT2D eigenvalue weighted by Crippen LogP contribution is 2.57. The lowest BCUT2D eigenvalue weighted by Crippen LogP contribution is -2.42. The van der Waals surface area contributed by atoms with Gasteiger partial charge in [0.15, 0.2) is 0 Å². The van der Waals surface area contributed by atoms with Gasteiger partial charge < -0.3 is 10.1 Å². The normalized spacial score (nSPS) is 27.6. The summed E-state index contributed by atoms with van der Waals surface area (Å²) in [6.07, 6.45) is 1.28. The minimum atomic E-state index is -0.423. The molecule has 1 saturated heterocycles. The summed E-state index contributed by atoms with van der Waals surface area (Å²) >= 11 is 0. The number of likely N-dealkylation sites (tertiary alicyclic amines) is 1. The fraction of sp³-hybridized carbons (Fsp3) is 0.650. The third-order valence-corrected chi connectivity index (χ3v) is 5.15. The number of hydrogen-bond acceptors (Lipinski definition) is 4. The van der Waals surface area contributed by atoms with Gasteiger partial charge in [-0.05, 0) is 51.0 Å². The van der Waals surface area contributed by atoms with Gasteiger partial charge in [0.25, 0.3) is 0 Å². The summed E-state index contributed by atoms with van der Waals surface area (Å²) in [6.45, 7) is 11.9. The number of carbonyl (C=O) groups excluding carboxylic acids is 1. The molecule has 1 aliphatic carbocycles. The Labute approximate surface area is 145 Å². The minimum Gasteiger partial charge on any atom is -0.459 e. The van der Waals surface area contributed by atoms with Crippen molar-refractivity contribution in [3.8, 4) is 0 Å². The van der Waals surface area contributed by atoms with Gasteiger partial charge in [-0.2, -0.15) is 0 Å². The van der Waals surface area contributed by atoms with Gasteiger partial charge in [0.05, 0.1) is 0 Å². The monoisotopic (exact) mass is 330 g/mol. The summed E-state index contributed by atoms with van der Waals surface area (Å²) in [6, 6.07) is 10.4. The van der Waals surface area contributed by atoms with Crippen LogP contribution in [0.3, 0.4) is 0 Å². The molecule has 2 fully saturated rings. The fourth-order valence-corrected chi connectivity index (χ4v) is 3.77. The first-order chi connectivity index (χ1) is 11.3. The van der Waals surface area contributed by atoms with Crippen molar-refractivity contribution in [2.24, 2.45) is 11.3 Å². The second kappa shape index (κ2) is 6.49. The molecule has 1 saturated carbocycles. The molecule has 0 bridgehead atoms. The molecule has 3 atom stereocenters. The van der Waals surface area contributed by atoms with Gasteiger partial charge in [-0.1, -0.05) is 30.3 Å². The molecule has 1 aromatic rings. The summed E-state index contributed by atoms with van der Waals surface area (Å²) in [7, 11) is 0. The molecule has 24 heavy (non-hydrogen) atoms. The van der Waals surface area contributed by atoms with E-state index in [2.05, 4.69) is 40.5 Å². The molecule has 0 spiro atoms. The lowest BCUT2D eigenvalue weighted by molar-refractivity contribution is -0.157. The molecule has 0 amide bonds. The van der Waals surface area contributed by atoms with Crippen LogP contribution in [0, 0.1) is 11.3 Å². The van der Waals surface area contributed by atoms with Crippen LogP contribution >= 0.6 is 0 Å². The Balaban J connectivity index is 1.46. The molecule has 1 aromatic carbocycles. The van der Waals surface area contributed by atoms with Crippen LogP contribution in [0.1, 0.15) is 39.7 Å². The van der Waals surface area contributed by atoms with Crippen molar-refractivity contribution < 1.29 is 9.53 Å². The second-order valence-corrected chi connectivity index (χ2v) is 8.55. The number of piperidine rings is 1. The van der Waals surface area contributed by atoms with Crippen LogP contribution in [-0.4, -0.2) is 42.1 Å². The molecular formula is C20H30N2O2. The predicted octanol–water partition coefficient (Wildman–Crippen LogP) is 2.83. The van der Waals surface area contributed by atoms with Crippen LogP contribution in [0.5, 0.6) is 0 Å². The first-order valence-electron chi connectivity index (χ1n) is 9.00. The molecule has 3 rings (SSSR count). The summed E-state index contributed by atoms with van der Waals surface area (Å²) < 4.78 is 5.45. The van der Waals surface area contributed by atoms with Gasteiger partial charge >= 0.3 is 5.97 Å². The number of benzene rings is 1. The van der Waals surface area contributed by atoms with E-state index in [-0.39, 0.29) is 12.0 Å². The van der Waals surface area contributed by atoms with Crippen molar-refractivity contribution in [3.63, 3.8) is 0 Å². The van der Waals surface area contributed by atoms with Gasteiger partial charge in [-0.25, -0.2) is 0 Å². The Hall–Kier alpha value is -1.39. The van der Waals surface area contributed by atoms with Gasteiger partial charge in [0, 0.05) is 26.2 Å². The highest BCUT2D eigenvalue weighted by Gasteiger charge is 2.59. The van der Waals surface area contributed by atoms with Gasteiger partial charge in [-0.15, -0.1) is 0 Å². The highest BCUT2D eigenvalue weighted by atomic mass is 16.6. The van der Waals surface area contributed by atoms with Crippen molar-refractivity contribution in [3.05, 3.63) is 35.9 Å². The quantitative estimate of drug-likeness (QED) is 0.815. The number of fused-ring (bicyclic) bond motifs is 1. The van der Waals surface area contributed by atoms with Crippen molar-refractivity contribution >= 4 is 5.97 Å². The molecule has 1 heterocycles. The summed E-state index contributed by atoms with van der Waals surface area (Å²) in [5.74, 6) is 0.620. The Bertz CT molecular complexity index is 581. The second-order valence-electron chi connectivity index (χ2n) is 8.55. The molecule has 132 valence electrons. The number of rotatable bonds is 6. The predicted molar refractivity (Wildman–Crippen MR) is 95.6 cm³/mol. The SMILES string of the molecule is CC(NCC12CC1CN(Cc1ccccc1)C2)C(=O)OC(C)(C)C. The topological polar surface area (TPSA) is 41.6 Å². The standard InChI is InChI=1S/C20H30N2O2/c1-15(18(23)24-19(2,3)4)21-13-20-10-17(20)12-22(14-20)11-16-8-6-5-7-9-16/h5-9,15,17,21H,10-14H2,1-4H3. The van der Waals surface area contributed by atoms with E-state index < -0.39 is 5.60 Å². The van der Waals surface area contributed by atoms with E-state index in [1.54, 1.807) is 0 Å². The summed E-state index contributed by atoms with van der Waals surface area (Å²) in [5.41, 5.74) is 1.32. The zero-order chi connectivity index (χ0) is 17.4. The Morgan fingerprint density at radius 3 is 2.75 bits per heavy atom. The maximum Gasteiger partial charge on any atom is 0.323 e. The van der Waals surface area contributed by atoms with E-state index in [0.717, 1.165) is 25.6 Å². The lowest BCUT2D eigenvalue weighted by Gasteiger charge is -2.25. The average Bonchev–Trinajstić information content (AvgIpc) is 3.06. The summed E-state index contributed by atoms with van der Waals surface area (Å²) in [4.78, 5) is 14.6. The minimum absolute atomic E-state index is 0.157. The third-order valence-electron chi connectivity index (χ3n) is 5.15. The number of hydrogen-bond donors (Lipinski definition) is 1. The van der Waals surface area contributed by atoms with Gasteiger partial charge in [0.1, 0.15) is 11.6 Å². The largest absolute Gasteiger partial charge is 0.459 e. The van der Waals surface area contributed by atoms with E-state index in [9.17, 15) is 4.79 Å². The molecule has 0 radical (unpaired) electrons. The van der Waals surface area contributed by atoms with E-state index in [4.69, 9.17) is 4.74 Å². The molecule has 2 aliphatic rings. The first-order valence-corrected chi connectivity index (χ1v) is 9.00. The highest BCUT2D eigenvalue weighted by molar-refractivity contribution is 5.75. The third kappa shape index (κ3) is 4.17. The van der Waals surface area contributed by atoms with E-state index in [1.807, 2.05) is 27.7 Å². The number of carbonyl (C=O) groups is 1. The lowest BCUT2D eigenvalue weighted by atomic mass is 10.1. The van der Waals surface area contributed by atoms with Crippen LogP contribution in [0.25, 0.3) is 0 Å². The van der Waals surface area contributed by atoms with Gasteiger partial charge in [-0.3, -0.25) is 9.69 Å².